The molecule has 0 atom stereocenters. The second kappa shape index (κ2) is 11.2. The first-order valence-electron chi connectivity index (χ1n) is 11.0. The Morgan fingerprint density at radius 3 is 2.46 bits per heavy atom. The number of nitrogens with zero attached hydrogens (tertiary/aromatic N) is 2. The number of sulfonamides is 1. The monoisotopic (exact) mass is 497 g/mol. The van der Waals surface area contributed by atoms with Crippen LogP contribution in [-0.2, 0) is 24.3 Å². The average Bonchev–Trinajstić information content (AvgIpc) is 2.90. The fourth-order valence-corrected chi connectivity index (χ4v) is 5.60. The first-order valence-corrected chi connectivity index (χ1v) is 12.4. The molecule has 0 aliphatic carbocycles. The van der Waals surface area contributed by atoms with Crippen LogP contribution in [0, 0.1) is 18.3 Å². The van der Waals surface area contributed by atoms with Gasteiger partial charge in [-0.25, -0.2) is 13.2 Å². The number of carbonyl (C=O) groups is 3. The van der Waals surface area contributed by atoms with Crippen LogP contribution >= 0.6 is 0 Å². The Balaban J connectivity index is 1.80. The van der Waals surface area contributed by atoms with Gasteiger partial charge in [-0.3, -0.25) is 9.59 Å². The van der Waals surface area contributed by atoms with Crippen molar-refractivity contribution < 1.29 is 27.5 Å². The van der Waals surface area contributed by atoms with E-state index in [2.05, 4.69) is 11.2 Å². The summed E-state index contributed by atoms with van der Waals surface area (Å²) in [6.45, 7) is -0.00666. The Labute approximate surface area is 205 Å². The molecule has 0 unspecified atom stereocenters. The van der Waals surface area contributed by atoms with E-state index in [0.29, 0.717) is 11.3 Å². The highest BCUT2D eigenvalue weighted by molar-refractivity contribution is 7.89. The zero-order valence-corrected chi connectivity index (χ0v) is 20.4. The van der Waals surface area contributed by atoms with Gasteiger partial charge in [0.15, 0.2) is 0 Å². The number of esters is 1. The first kappa shape index (κ1) is 25.9. The van der Waals surface area contributed by atoms with Gasteiger partial charge >= 0.3 is 5.97 Å². The Hall–Kier alpha value is -3.68. The van der Waals surface area contributed by atoms with Crippen molar-refractivity contribution in [3.8, 4) is 12.3 Å². The minimum Gasteiger partial charge on any atom is -0.465 e. The normalized spacial score (nSPS) is 14.5. The van der Waals surface area contributed by atoms with Gasteiger partial charge in [-0.15, -0.1) is 6.42 Å². The molecule has 0 saturated carbocycles. The third-order valence-electron chi connectivity index (χ3n) is 5.88. The number of terminal acetylenes is 1. The Bertz CT molecular complexity index is 1260. The predicted molar refractivity (Wildman–Crippen MR) is 130 cm³/mol. The highest BCUT2D eigenvalue weighted by atomic mass is 32.2. The molecule has 2 aromatic carbocycles. The van der Waals surface area contributed by atoms with Crippen molar-refractivity contribution in [2.45, 2.75) is 17.7 Å². The number of rotatable bonds is 7. The van der Waals surface area contributed by atoms with E-state index in [1.54, 1.807) is 30.3 Å². The quantitative estimate of drug-likeness (QED) is 0.460. The van der Waals surface area contributed by atoms with E-state index in [1.165, 1.54) is 41.6 Å². The number of piperidine rings is 1. The molecule has 1 N–H and O–H groups in total. The van der Waals surface area contributed by atoms with E-state index >= 15 is 0 Å². The van der Waals surface area contributed by atoms with Gasteiger partial charge in [-0.1, -0.05) is 24.1 Å². The second-order valence-electron chi connectivity index (χ2n) is 7.96. The summed E-state index contributed by atoms with van der Waals surface area (Å²) in [5.74, 6) is 0.660. The number of hydrogen-bond acceptors (Lipinski definition) is 6. The molecular formula is C25H27N3O6S. The van der Waals surface area contributed by atoms with Crippen molar-refractivity contribution in [2.75, 3.05) is 38.7 Å². The van der Waals surface area contributed by atoms with Gasteiger partial charge in [0.05, 0.1) is 17.6 Å². The molecule has 184 valence electrons. The minimum absolute atomic E-state index is 0.0432. The van der Waals surface area contributed by atoms with Crippen LogP contribution in [0.4, 0.5) is 5.69 Å². The molecule has 3 rings (SSSR count). The number of ether oxygens (including phenoxy) is 1. The Morgan fingerprint density at radius 2 is 1.83 bits per heavy atom. The molecule has 35 heavy (non-hydrogen) atoms. The minimum atomic E-state index is -3.98. The van der Waals surface area contributed by atoms with Gasteiger partial charge in [-0.2, -0.15) is 4.31 Å². The van der Waals surface area contributed by atoms with Crippen LogP contribution in [0.25, 0.3) is 0 Å². The fourth-order valence-electron chi connectivity index (χ4n) is 3.96. The molecule has 10 heteroatoms. The number of hydrogen-bond donors (Lipinski definition) is 1. The standard InChI is InChI=1S/C25H27N3O6S/c1-4-18-8-7-9-20(16-18)28(17-23(29)26-2)24(30)19-12-14-27(15-13-19)35(32,33)22-11-6-5-10-21(22)25(31)34-3/h1,5-11,16,19H,12-15,17H2,2-3H3,(H,26,29). The number of methoxy groups -OCH3 is 1. The summed E-state index contributed by atoms with van der Waals surface area (Å²) in [6, 6.07) is 12.7. The lowest BCUT2D eigenvalue weighted by Gasteiger charge is -2.33. The lowest BCUT2D eigenvalue weighted by atomic mass is 9.96. The van der Waals surface area contributed by atoms with Crippen molar-refractivity contribution in [3.63, 3.8) is 0 Å². The van der Waals surface area contributed by atoms with Crippen molar-refractivity contribution in [1.29, 1.82) is 0 Å². The second-order valence-corrected chi connectivity index (χ2v) is 9.86. The molecule has 9 nitrogen and oxygen atoms in total. The van der Waals surface area contributed by atoms with Gasteiger partial charge in [0.25, 0.3) is 0 Å². The molecule has 1 heterocycles. The zero-order valence-electron chi connectivity index (χ0n) is 19.6. The molecule has 1 aliphatic heterocycles. The van der Waals surface area contributed by atoms with Crippen molar-refractivity contribution in [3.05, 3.63) is 59.7 Å². The van der Waals surface area contributed by atoms with Crippen LogP contribution in [0.15, 0.2) is 53.4 Å². The first-order chi connectivity index (χ1) is 16.7. The number of amides is 2. The van der Waals surface area contributed by atoms with Gasteiger partial charge in [0.1, 0.15) is 6.54 Å². The summed E-state index contributed by atoms with van der Waals surface area (Å²) in [6.07, 6.45) is 6.01. The zero-order chi connectivity index (χ0) is 25.6. The highest BCUT2D eigenvalue weighted by Gasteiger charge is 2.36. The van der Waals surface area contributed by atoms with E-state index in [0.717, 1.165) is 0 Å². The van der Waals surface area contributed by atoms with E-state index in [-0.39, 0.29) is 54.7 Å². The van der Waals surface area contributed by atoms with E-state index in [4.69, 9.17) is 11.2 Å². The number of anilines is 1. The molecule has 0 aromatic heterocycles. The summed E-state index contributed by atoms with van der Waals surface area (Å²) in [7, 11) is -1.31. The van der Waals surface area contributed by atoms with Gasteiger partial charge in [0, 0.05) is 37.3 Å². The molecule has 1 aliphatic rings. The van der Waals surface area contributed by atoms with Crippen LogP contribution in [0.3, 0.4) is 0 Å². The molecule has 1 saturated heterocycles. The van der Waals surface area contributed by atoms with Gasteiger partial charge in [-0.05, 0) is 43.2 Å². The summed E-state index contributed by atoms with van der Waals surface area (Å²) < 4.78 is 32.5. The number of likely N-dealkylation sites (N-methyl/N-ethyl adjacent to an activating group) is 1. The molecule has 0 bridgehead atoms. The molecular weight excluding hydrogens is 470 g/mol. The van der Waals surface area contributed by atoms with Gasteiger partial charge in [0.2, 0.25) is 21.8 Å². The summed E-state index contributed by atoms with van der Waals surface area (Å²) in [5.41, 5.74) is 1.02. The van der Waals surface area contributed by atoms with Crippen LogP contribution < -0.4 is 10.2 Å². The Kier molecular flexibility index (Phi) is 8.27. The fraction of sp³-hybridized carbons (Fsp3) is 0.320. The molecule has 2 amide bonds. The number of benzene rings is 2. The molecule has 2 aromatic rings. The van der Waals surface area contributed by atoms with Gasteiger partial charge < -0.3 is 15.0 Å². The van der Waals surface area contributed by atoms with E-state index in [1.807, 2.05) is 0 Å². The maximum atomic E-state index is 13.4. The van der Waals surface area contributed by atoms with Crippen molar-refractivity contribution in [2.24, 2.45) is 5.92 Å². The van der Waals surface area contributed by atoms with E-state index < -0.39 is 21.9 Å². The third kappa shape index (κ3) is 5.70. The number of carbonyl (C=O) groups excluding carboxylic acids is 3. The molecule has 0 spiro atoms. The predicted octanol–water partition coefficient (Wildman–Crippen LogP) is 1.63. The number of nitrogens with one attached hydrogen (secondary N) is 1. The largest absolute Gasteiger partial charge is 0.465 e. The highest BCUT2D eigenvalue weighted by Crippen LogP contribution is 2.28. The smallest absolute Gasteiger partial charge is 0.339 e. The van der Waals surface area contributed by atoms with Crippen LogP contribution in [0.1, 0.15) is 28.8 Å². The van der Waals surface area contributed by atoms with Crippen molar-refractivity contribution in [1.82, 2.24) is 9.62 Å². The topological polar surface area (TPSA) is 113 Å². The van der Waals surface area contributed by atoms with Crippen LogP contribution in [-0.4, -0.2) is 64.3 Å². The maximum absolute atomic E-state index is 13.4. The molecule has 0 radical (unpaired) electrons. The van der Waals surface area contributed by atoms with E-state index in [9.17, 15) is 22.8 Å². The SMILES string of the molecule is C#Cc1cccc(N(CC(=O)NC)C(=O)C2CCN(S(=O)(=O)c3ccccc3C(=O)OC)CC2)c1. The third-order valence-corrected chi connectivity index (χ3v) is 7.84. The molecule has 1 fully saturated rings. The lowest BCUT2D eigenvalue weighted by molar-refractivity contribution is -0.126. The lowest BCUT2D eigenvalue weighted by Crippen LogP contribution is -2.47. The van der Waals surface area contributed by atoms with Crippen LogP contribution in [0.5, 0.6) is 0 Å². The average molecular weight is 498 g/mol. The summed E-state index contributed by atoms with van der Waals surface area (Å²) in [5, 5.41) is 2.52. The maximum Gasteiger partial charge on any atom is 0.339 e. The van der Waals surface area contributed by atoms with Crippen molar-refractivity contribution >= 4 is 33.5 Å². The van der Waals surface area contributed by atoms with Crippen LogP contribution in [0.2, 0.25) is 0 Å². The summed E-state index contributed by atoms with van der Waals surface area (Å²) in [4.78, 5) is 38.9. The summed E-state index contributed by atoms with van der Waals surface area (Å²) >= 11 is 0. The Morgan fingerprint density at radius 1 is 1.14 bits per heavy atom.